The van der Waals surface area contributed by atoms with Gasteiger partial charge in [0.2, 0.25) is 0 Å². The lowest BCUT2D eigenvalue weighted by Crippen LogP contribution is -2.63. The quantitative estimate of drug-likeness (QED) is 0.888. The summed E-state index contributed by atoms with van der Waals surface area (Å²) in [6, 6.07) is 6.65. The van der Waals surface area contributed by atoms with Crippen molar-refractivity contribution in [1.82, 2.24) is 0 Å². The Hall–Kier alpha value is -1.06. The van der Waals surface area contributed by atoms with Gasteiger partial charge in [-0.15, -0.1) is 0 Å². The molecule has 0 atom stereocenters. The molecular formula is C15H24N2O. The van der Waals surface area contributed by atoms with Crippen LogP contribution in [-0.4, -0.2) is 32.3 Å². The summed E-state index contributed by atoms with van der Waals surface area (Å²) in [5.41, 5.74) is 9.93. The molecule has 3 heteroatoms. The van der Waals surface area contributed by atoms with Crippen molar-refractivity contribution >= 4 is 5.69 Å². The van der Waals surface area contributed by atoms with Crippen molar-refractivity contribution in [1.29, 1.82) is 0 Å². The molecule has 1 aromatic rings. The summed E-state index contributed by atoms with van der Waals surface area (Å²) in [5, 5.41) is 0. The Balaban J connectivity index is 2.22. The average molecular weight is 248 g/mol. The van der Waals surface area contributed by atoms with Crippen molar-refractivity contribution in [3.8, 4) is 0 Å². The van der Waals surface area contributed by atoms with Crippen molar-refractivity contribution in [2.45, 2.75) is 38.3 Å². The number of hydrogen-bond acceptors (Lipinski definition) is 3. The van der Waals surface area contributed by atoms with Crippen LogP contribution in [0.3, 0.4) is 0 Å². The number of nitrogens with zero attached hydrogens (tertiary/aromatic N) is 1. The minimum absolute atomic E-state index is 0.0703. The molecule has 1 aliphatic carbocycles. The molecule has 0 spiro atoms. The minimum atomic E-state index is 0.0703. The van der Waals surface area contributed by atoms with Gasteiger partial charge in [0, 0.05) is 26.4 Å². The van der Waals surface area contributed by atoms with Gasteiger partial charge in [0.15, 0.2) is 0 Å². The summed E-state index contributed by atoms with van der Waals surface area (Å²) in [6.07, 6.45) is 2.40. The van der Waals surface area contributed by atoms with E-state index in [1.807, 2.05) is 0 Å². The first-order chi connectivity index (χ1) is 8.50. The van der Waals surface area contributed by atoms with Gasteiger partial charge in [-0.1, -0.05) is 6.07 Å². The minimum Gasteiger partial charge on any atom is -0.381 e. The molecule has 0 bridgehead atoms. The van der Waals surface area contributed by atoms with Crippen molar-refractivity contribution in [2.75, 3.05) is 25.6 Å². The fourth-order valence-corrected chi connectivity index (χ4v) is 2.95. The summed E-state index contributed by atoms with van der Waals surface area (Å²) < 4.78 is 5.39. The molecule has 0 amide bonds. The lowest BCUT2D eigenvalue weighted by molar-refractivity contribution is -0.0123. The summed E-state index contributed by atoms with van der Waals surface area (Å²) in [6.45, 7) is 4.95. The molecule has 18 heavy (non-hydrogen) atoms. The van der Waals surface area contributed by atoms with E-state index in [4.69, 9.17) is 10.5 Å². The Morgan fingerprint density at radius 1 is 1.28 bits per heavy atom. The van der Waals surface area contributed by atoms with E-state index in [-0.39, 0.29) is 5.54 Å². The Kier molecular flexibility index (Phi) is 3.64. The number of nitrogens with two attached hydrogens (primary N) is 1. The number of methoxy groups -OCH3 is 1. The molecule has 0 heterocycles. The lowest BCUT2D eigenvalue weighted by atomic mass is 9.72. The zero-order valence-corrected chi connectivity index (χ0v) is 11.9. The molecule has 0 unspecified atom stereocenters. The zero-order valence-electron chi connectivity index (χ0n) is 11.9. The van der Waals surface area contributed by atoms with E-state index in [0.29, 0.717) is 12.6 Å². The maximum atomic E-state index is 6.00. The van der Waals surface area contributed by atoms with E-state index in [1.54, 1.807) is 7.11 Å². The third kappa shape index (κ3) is 2.25. The second kappa shape index (κ2) is 4.90. The summed E-state index contributed by atoms with van der Waals surface area (Å²) in [4.78, 5) is 2.34. The van der Waals surface area contributed by atoms with Crippen LogP contribution >= 0.6 is 0 Å². The molecule has 2 N–H and O–H groups in total. The number of hydrogen-bond donors (Lipinski definition) is 1. The van der Waals surface area contributed by atoms with Crippen molar-refractivity contribution in [3.05, 3.63) is 29.3 Å². The highest BCUT2D eigenvalue weighted by molar-refractivity contribution is 5.53. The fourth-order valence-electron chi connectivity index (χ4n) is 2.95. The smallest absolute Gasteiger partial charge is 0.0617 e. The van der Waals surface area contributed by atoms with Crippen LogP contribution in [0.25, 0.3) is 0 Å². The zero-order chi connectivity index (χ0) is 13.3. The number of aryl methyl sites for hydroxylation is 2. The maximum Gasteiger partial charge on any atom is 0.0617 e. The first-order valence-electron chi connectivity index (χ1n) is 6.56. The monoisotopic (exact) mass is 248 g/mol. The molecule has 1 saturated carbocycles. The predicted molar refractivity (Wildman–Crippen MR) is 76.1 cm³/mol. The van der Waals surface area contributed by atoms with E-state index in [2.05, 4.69) is 44.0 Å². The largest absolute Gasteiger partial charge is 0.381 e. The van der Waals surface area contributed by atoms with Gasteiger partial charge in [0.05, 0.1) is 11.6 Å². The van der Waals surface area contributed by atoms with Gasteiger partial charge in [-0.25, -0.2) is 0 Å². The predicted octanol–water partition coefficient (Wildman–Crippen LogP) is 2.25. The van der Waals surface area contributed by atoms with Crippen LogP contribution < -0.4 is 10.6 Å². The Labute approximate surface area is 110 Å². The van der Waals surface area contributed by atoms with Crippen LogP contribution in [0.5, 0.6) is 0 Å². The second-order valence-electron chi connectivity index (χ2n) is 5.60. The number of anilines is 1. The normalized spacial score (nSPS) is 26.8. The van der Waals surface area contributed by atoms with Crippen LogP contribution in [0.15, 0.2) is 18.2 Å². The van der Waals surface area contributed by atoms with Crippen LogP contribution in [-0.2, 0) is 4.74 Å². The molecule has 1 aliphatic rings. The van der Waals surface area contributed by atoms with E-state index < -0.39 is 0 Å². The van der Waals surface area contributed by atoms with Crippen LogP contribution in [0.4, 0.5) is 5.69 Å². The van der Waals surface area contributed by atoms with Crippen molar-refractivity contribution < 1.29 is 4.74 Å². The molecule has 0 aromatic heterocycles. The highest BCUT2D eigenvalue weighted by Gasteiger charge is 2.46. The highest BCUT2D eigenvalue weighted by Crippen LogP contribution is 2.40. The van der Waals surface area contributed by atoms with E-state index in [9.17, 15) is 0 Å². The number of likely N-dealkylation sites (N-methyl/N-ethyl adjacent to an activating group) is 1. The molecule has 0 saturated heterocycles. The number of benzene rings is 1. The fraction of sp³-hybridized carbons (Fsp3) is 0.600. The van der Waals surface area contributed by atoms with Crippen LogP contribution in [0.1, 0.15) is 24.0 Å². The third-order valence-corrected chi connectivity index (χ3v) is 4.23. The number of ether oxygens (including phenoxy) is 1. The van der Waals surface area contributed by atoms with E-state index in [0.717, 1.165) is 12.8 Å². The summed E-state index contributed by atoms with van der Waals surface area (Å²) >= 11 is 0. The average Bonchev–Trinajstić information content (AvgIpc) is 2.27. The molecule has 1 aromatic carbocycles. The van der Waals surface area contributed by atoms with Gasteiger partial charge in [0.25, 0.3) is 0 Å². The van der Waals surface area contributed by atoms with Crippen molar-refractivity contribution in [2.24, 2.45) is 5.73 Å². The van der Waals surface area contributed by atoms with Gasteiger partial charge in [-0.3, -0.25) is 0 Å². The van der Waals surface area contributed by atoms with Crippen LogP contribution in [0, 0.1) is 13.8 Å². The molecule has 3 nitrogen and oxygen atoms in total. The van der Waals surface area contributed by atoms with Crippen LogP contribution in [0.2, 0.25) is 0 Å². The van der Waals surface area contributed by atoms with E-state index >= 15 is 0 Å². The number of rotatable bonds is 4. The molecule has 1 fully saturated rings. The molecular weight excluding hydrogens is 224 g/mol. The van der Waals surface area contributed by atoms with Gasteiger partial charge in [0.1, 0.15) is 0 Å². The van der Waals surface area contributed by atoms with E-state index in [1.165, 1.54) is 16.8 Å². The molecule has 0 aliphatic heterocycles. The van der Waals surface area contributed by atoms with Crippen molar-refractivity contribution in [3.63, 3.8) is 0 Å². The van der Waals surface area contributed by atoms with Gasteiger partial charge in [-0.05, 0) is 49.9 Å². The third-order valence-electron chi connectivity index (χ3n) is 4.23. The van der Waals surface area contributed by atoms with Gasteiger partial charge < -0.3 is 15.4 Å². The van der Waals surface area contributed by atoms with Gasteiger partial charge >= 0.3 is 0 Å². The lowest BCUT2D eigenvalue weighted by Gasteiger charge is -2.53. The standard InChI is InChI=1S/C15H24N2O/c1-11-5-12(2)7-13(6-11)17(3)15(10-16)8-14(9-15)18-4/h5-7,14H,8-10,16H2,1-4H3. The Morgan fingerprint density at radius 3 is 2.28 bits per heavy atom. The topological polar surface area (TPSA) is 38.5 Å². The highest BCUT2D eigenvalue weighted by atomic mass is 16.5. The first kappa shape index (κ1) is 13.4. The summed E-state index contributed by atoms with van der Waals surface area (Å²) in [5.74, 6) is 0. The SMILES string of the molecule is COC1CC(CN)(N(C)c2cc(C)cc(C)c2)C1. The first-order valence-corrected chi connectivity index (χ1v) is 6.56. The molecule has 2 rings (SSSR count). The Bertz CT molecular complexity index is 404. The maximum absolute atomic E-state index is 6.00. The molecule has 0 radical (unpaired) electrons. The molecule has 100 valence electrons. The summed E-state index contributed by atoms with van der Waals surface area (Å²) in [7, 11) is 3.93. The Morgan fingerprint density at radius 2 is 1.83 bits per heavy atom. The second-order valence-corrected chi connectivity index (χ2v) is 5.60. The van der Waals surface area contributed by atoms with Gasteiger partial charge in [-0.2, -0.15) is 0 Å².